The van der Waals surface area contributed by atoms with Crippen molar-refractivity contribution in [3.63, 3.8) is 0 Å². The predicted octanol–water partition coefficient (Wildman–Crippen LogP) is 2.53. The first kappa shape index (κ1) is 20.0. The van der Waals surface area contributed by atoms with Gasteiger partial charge >= 0.3 is 12.0 Å². The molecule has 144 valence electrons. The first-order valence-corrected chi connectivity index (χ1v) is 8.94. The van der Waals surface area contributed by atoms with Crippen molar-refractivity contribution in [2.45, 2.75) is 26.3 Å². The van der Waals surface area contributed by atoms with E-state index in [0.717, 1.165) is 11.3 Å². The molecule has 0 bridgehead atoms. The van der Waals surface area contributed by atoms with Crippen LogP contribution in [0.2, 0.25) is 0 Å². The van der Waals surface area contributed by atoms with Gasteiger partial charge in [-0.15, -0.1) is 0 Å². The number of hydrogen-bond acceptors (Lipinski definition) is 4. The number of rotatable bonds is 7. The van der Waals surface area contributed by atoms with Gasteiger partial charge in [0.2, 0.25) is 0 Å². The summed E-state index contributed by atoms with van der Waals surface area (Å²) >= 11 is 0. The normalized spacial score (nSPS) is 21.1. The van der Waals surface area contributed by atoms with Crippen LogP contribution in [0.4, 0.5) is 4.79 Å². The highest BCUT2D eigenvalue weighted by Crippen LogP contribution is 2.23. The van der Waals surface area contributed by atoms with Crippen LogP contribution in [0.3, 0.4) is 0 Å². The molecule has 1 aliphatic heterocycles. The van der Waals surface area contributed by atoms with E-state index in [1.54, 1.807) is 12.0 Å². The number of benzene rings is 1. The molecule has 0 saturated carbocycles. The Hall–Kier alpha value is -2.28. The van der Waals surface area contributed by atoms with Crippen LogP contribution in [0.1, 0.15) is 31.9 Å². The predicted molar refractivity (Wildman–Crippen MR) is 97.2 cm³/mol. The molecule has 1 aromatic rings. The van der Waals surface area contributed by atoms with Gasteiger partial charge in [-0.05, 0) is 37.0 Å². The second kappa shape index (κ2) is 9.43. The Morgan fingerprint density at radius 3 is 2.58 bits per heavy atom. The van der Waals surface area contributed by atoms with Crippen LogP contribution < -0.4 is 10.1 Å². The molecule has 2 rings (SSSR count). The van der Waals surface area contributed by atoms with Gasteiger partial charge in [-0.25, -0.2) is 4.79 Å². The zero-order chi connectivity index (χ0) is 19.1. The molecule has 0 radical (unpaired) electrons. The third kappa shape index (κ3) is 5.36. The van der Waals surface area contributed by atoms with Gasteiger partial charge in [-0.3, -0.25) is 4.79 Å². The molecule has 0 aromatic heterocycles. The second-order valence-corrected chi connectivity index (χ2v) is 6.74. The number of likely N-dealkylation sites (tertiary alicyclic amines) is 1. The van der Waals surface area contributed by atoms with Crippen molar-refractivity contribution in [3.05, 3.63) is 29.8 Å². The van der Waals surface area contributed by atoms with Gasteiger partial charge in [-0.1, -0.05) is 19.1 Å². The summed E-state index contributed by atoms with van der Waals surface area (Å²) in [4.78, 5) is 25.6. The van der Waals surface area contributed by atoms with Gasteiger partial charge in [0, 0.05) is 20.2 Å². The Morgan fingerprint density at radius 1 is 1.31 bits per heavy atom. The lowest BCUT2D eigenvalue weighted by Gasteiger charge is -2.35. The Bertz CT molecular complexity index is 604. The number of ether oxygens (including phenoxy) is 2. The van der Waals surface area contributed by atoms with Crippen LogP contribution >= 0.6 is 0 Å². The van der Waals surface area contributed by atoms with E-state index in [9.17, 15) is 14.7 Å². The Labute approximate surface area is 154 Å². The summed E-state index contributed by atoms with van der Waals surface area (Å²) in [6, 6.07) is 6.93. The number of urea groups is 1. The lowest BCUT2D eigenvalue weighted by molar-refractivity contribution is -0.143. The van der Waals surface area contributed by atoms with Gasteiger partial charge in [0.25, 0.3) is 0 Å². The van der Waals surface area contributed by atoms with Crippen LogP contribution in [-0.4, -0.2) is 55.4 Å². The number of nitrogens with zero attached hydrogens (tertiary/aromatic N) is 1. The van der Waals surface area contributed by atoms with Gasteiger partial charge in [0.15, 0.2) is 0 Å². The molecule has 1 saturated heterocycles. The first-order chi connectivity index (χ1) is 12.4. The number of carboxylic acids is 1. The SMILES string of the molecule is CCOc1ccc(C(COC)NC(=O)N2CC(C)CC(C(=O)O)C2)cc1. The number of carbonyl (C=O) groups is 2. The molecule has 26 heavy (non-hydrogen) atoms. The summed E-state index contributed by atoms with van der Waals surface area (Å²) in [6.45, 7) is 5.59. The smallest absolute Gasteiger partial charge is 0.317 e. The van der Waals surface area contributed by atoms with Crippen molar-refractivity contribution < 1.29 is 24.2 Å². The maximum Gasteiger partial charge on any atom is 0.317 e. The Balaban J connectivity index is 2.05. The fourth-order valence-corrected chi connectivity index (χ4v) is 3.29. The summed E-state index contributed by atoms with van der Waals surface area (Å²) in [5, 5.41) is 12.2. The van der Waals surface area contributed by atoms with Gasteiger partial charge < -0.3 is 24.8 Å². The highest BCUT2D eigenvalue weighted by molar-refractivity contribution is 5.77. The monoisotopic (exact) mass is 364 g/mol. The van der Waals surface area contributed by atoms with Crippen molar-refractivity contribution in [2.75, 3.05) is 33.4 Å². The van der Waals surface area contributed by atoms with E-state index < -0.39 is 11.9 Å². The zero-order valence-corrected chi connectivity index (χ0v) is 15.6. The van der Waals surface area contributed by atoms with Crippen LogP contribution in [0.25, 0.3) is 0 Å². The number of hydrogen-bond donors (Lipinski definition) is 2. The lowest BCUT2D eigenvalue weighted by Crippen LogP contribution is -2.50. The summed E-state index contributed by atoms with van der Waals surface area (Å²) in [6.07, 6.45) is 0.597. The van der Waals surface area contributed by atoms with E-state index >= 15 is 0 Å². The molecule has 0 spiro atoms. The molecule has 1 fully saturated rings. The van der Waals surface area contributed by atoms with E-state index in [-0.39, 0.29) is 24.5 Å². The van der Waals surface area contributed by atoms with Crippen LogP contribution in [0.5, 0.6) is 5.75 Å². The lowest BCUT2D eigenvalue weighted by atomic mass is 9.91. The minimum Gasteiger partial charge on any atom is -0.494 e. The first-order valence-electron chi connectivity index (χ1n) is 8.94. The van der Waals surface area contributed by atoms with Crippen molar-refractivity contribution in [3.8, 4) is 5.75 Å². The molecule has 7 nitrogen and oxygen atoms in total. The number of carboxylic acid groups (broad SMARTS) is 1. The van der Waals surface area contributed by atoms with Crippen molar-refractivity contribution in [1.29, 1.82) is 0 Å². The van der Waals surface area contributed by atoms with Crippen LogP contribution in [-0.2, 0) is 9.53 Å². The summed E-state index contributed by atoms with van der Waals surface area (Å²) in [5.41, 5.74) is 0.906. The van der Waals surface area contributed by atoms with E-state index in [1.165, 1.54) is 0 Å². The maximum absolute atomic E-state index is 12.7. The molecule has 1 aromatic carbocycles. The largest absolute Gasteiger partial charge is 0.494 e. The van der Waals surface area contributed by atoms with Gasteiger partial charge in [0.05, 0.1) is 25.2 Å². The number of methoxy groups -OCH3 is 1. The third-order valence-corrected chi connectivity index (χ3v) is 4.52. The summed E-state index contributed by atoms with van der Waals surface area (Å²) < 4.78 is 10.7. The van der Waals surface area contributed by atoms with Crippen LogP contribution in [0, 0.1) is 11.8 Å². The number of piperidine rings is 1. The minimum atomic E-state index is -0.852. The second-order valence-electron chi connectivity index (χ2n) is 6.74. The standard InChI is InChI=1S/C19H28N2O5/c1-4-26-16-7-5-14(6-8-16)17(12-25-3)20-19(24)21-10-13(2)9-15(11-21)18(22)23/h5-8,13,15,17H,4,9-12H2,1-3H3,(H,20,24)(H,22,23). The summed E-state index contributed by atoms with van der Waals surface area (Å²) in [7, 11) is 1.58. The average molecular weight is 364 g/mol. The number of carbonyl (C=O) groups excluding carboxylic acids is 1. The zero-order valence-electron chi connectivity index (χ0n) is 15.6. The highest BCUT2D eigenvalue weighted by atomic mass is 16.5. The number of aliphatic carboxylic acids is 1. The molecular weight excluding hydrogens is 336 g/mol. The Kier molecular flexibility index (Phi) is 7.26. The molecule has 2 amide bonds. The molecule has 1 heterocycles. The Morgan fingerprint density at radius 2 is 2.00 bits per heavy atom. The molecule has 2 N–H and O–H groups in total. The summed E-state index contributed by atoms with van der Waals surface area (Å²) in [5.74, 6) is -0.444. The van der Waals surface area contributed by atoms with Crippen LogP contribution in [0.15, 0.2) is 24.3 Å². The maximum atomic E-state index is 12.7. The minimum absolute atomic E-state index is 0.155. The van der Waals surface area contributed by atoms with Crippen molar-refractivity contribution in [1.82, 2.24) is 10.2 Å². The molecule has 0 aliphatic carbocycles. The van der Waals surface area contributed by atoms with Gasteiger partial charge in [-0.2, -0.15) is 0 Å². The number of nitrogens with one attached hydrogen (secondary N) is 1. The average Bonchev–Trinajstić information content (AvgIpc) is 2.61. The topological polar surface area (TPSA) is 88.1 Å². The molecular formula is C19H28N2O5. The molecule has 3 atom stereocenters. The third-order valence-electron chi connectivity index (χ3n) is 4.52. The molecule has 7 heteroatoms. The quantitative estimate of drug-likeness (QED) is 0.776. The van der Waals surface area contributed by atoms with Crippen molar-refractivity contribution >= 4 is 12.0 Å². The van der Waals surface area contributed by atoms with E-state index in [1.807, 2.05) is 38.1 Å². The fraction of sp³-hybridized carbons (Fsp3) is 0.579. The fourth-order valence-electron chi connectivity index (χ4n) is 3.29. The van der Waals surface area contributed by atoms with Crippen molar-refractivity contribution in [2.24, 2.45) is 11.8 Å². The molecule has 3 unspecified atom stereocenters. The molecule has 1 aliphatic rings. The number of amides is 2. The van der Waals surface area contributed by atoms with E-state index in [0.29, 0.717) is 26.2 Å². The van der Waals surface area contributed by atoms with Gasteiger partial charge in [0.1, 0.15) is 5.75 Å². The van der Waals surface area contributed by atoms with E-state index in [4.69, 9.17) is 9.47 Å². The highest BCUT2D eigenvalue weighted by Gasteiger charge is 2.32. The van der Waals surface area contributed by atoms with E-state index in [2.05, 4.69) is 5.32 Å².